The zero-order valence-electron chi connectivity index (χ0n) is 14.2. The van der Waals surface area contributed by atoms with Gasteiger partial charge in [0.1, 0.15) is 5.76 Å². The second-order valence-electron chi connectivity index (χ2n) is 6.38. The van der Waals surface area contributed by atoms with Crippen molar-refractivity contribution in [1.82, 2.24) is 10.3 Å². The molecule has 2 aromatic rings. The number of amides is 2. The first-order valence-electron chi connectivity index (χ1n) is 8.21. The van der Waals surface area contributed by atoms with Crippen molar-refractivity contribution in [2.75, 3.05) is 11.9 Å². The largest absolute Gasteiger partial charge is 0.450 e. The molecule has 1 saturated carbocycles. The van der Waals surface area contributed by atoms with E-state index in [9.17, 15) is 14.7 Å². The normalized spacial score (nSPS) is 16.0. The van der Waals surface area contributed by atoms with E-state index in [1.165, 1.54) is 18.3 Å². The summed E-state index contributed by atoms with van der Waals surface area (Å²) in [5.74, 6) is 0.210. The number of rotatable bonds is 5. The van der Waals surface area contributed by atoms with Crippen molar-refractivity contribution in [3.05, 3.63) is 23.6 Å². The highest BCUT2D eigenvalue weighted by Crippen LogP contribution is 2.34. The fourth-order valence-electron chi connectivity index (χ4n) is 3.09. The van der Waals surface area contributed by atoms with Crippen LogP contribution in [0.3, 0.4) is 0 Å². The number of nitrogens with zero attached hydrogens (tertiary/aromatic N) is 1. The Kier molecular flexibility index (Phi) is 4.91. The summed E-state index contributed by atoms with van der Waals surface area (Å²) in [5, 5.41) is 15.7. The minimum Gasteiger partial charge on any atom is -0.450 e. The number of hydrogen-bond donors (Lipinski definition) is 3. The van der Waals surface area contributed by atoms with Crippen LogP contribution in [0.5, 0.6) is 0 Å². The van der Waals surface area contributed by atoms with E-state index in [0.29, 0.717) is 10.9 Å². The van der Waals surface area contributed by atoms with Gasteiger partial charge in [-0.3, -0.25) is 9.59 Å². The number of furan rings is 1. The molecule has 0 unspecified atom stereocenters. The molecular formula is C17H23N3O4S. The highest BCUT2D eigenvalue weighted by atomic mass is 32.1. The lowest BCUT2D eigenvalue weighted by atomic mass is 9.99. The molecule has 8 heteroatoms. The molecule has 1 fully saturated rings. The van der Waals surface area contributed by atoms with Gasteiger partial charge < -0.3 is 20.2 Å². The Labute approximate surface area is 150 Å². The van der Waals surface area contributed by atoms with Gasteiger partial charge in [0.2, 0.25) is 5.91 Å². The average Bonchev–Trinajstić information content (AvgIpc) is 3.27. The van der Waals surface area contributed by atoms with Crippen molar-refractivity contribution < 1.29 is 20.5 Å². The molecule has 0 aromatic carbocycles. The van der Waals surface area contributed by atoms with E-state index in [4.69, 9.17) is 4.42 Å². The Balaban J connectivity index is 0.00000243. The maximum Gasteiger partial charge on any atom is 0.287 e. The molecule has 2 aromatic heterocycles. The summed E-state index contributed by atoms with van der Waals surface area (Å²) < 4.78 is 5.69. The number of thiazole rings is 1. The Morgan fingerprint density at radius 3 is 2.76 bits per heavy atom. The molecule has 0 atom stereocenters. The third-order valence-electron chi connectivity index (χ3n) is 4.38. The molecule has 1 aliphatic rings. The molecule has 1 aliphatic carbocycles. The van der Waals surface area contributed by atoms with Gasteiger partial charge in [-0.25, -0.2) is 4.98 Å². The Morgan fingerprint density at radius 2 is 2.12 bits per heavy atom. The van der Waals surface area contributed by atoms with Gasteiger partial charge in [-0.15, -0.1) is 0 Å². The quantitative estimate of drug-likeness (QED) is 0.756. The smallest absolute Gasteiger partial charge is 0.287 e. The number of nitrogens with one attached hydrogen (secondary N) is 2. The van der Waals surface area contributed by atoms with Gasteiger partial charge in [0.25, 0.3) is 5.91 Å². The lowest BCUT2D eigenvalue weighted by molar-refractivity contribution is -0.114. The number of anilines is 1. The van der Waals surface area contributed by atoms with Crippen molar-refractivity contribution in [3.63, 3.8) is 0 Å². The van der Waals surface area contributed by atoms with Crippen LogP contribution in [0, 0.1) is 6.92 Å². The minimum atomic E-state index is -0.539. The molecule has 3 N–H and O–H groups in total. The Bertz CT molecular complexity index is 796. The predicted octanol–water partition coefficient (Wildman–Crippen LogP) is 2.95. The van der Waals surface area contributed by atoms with E-state index in [0.717, 1.165) is 36.3 Å². The lowest BCUT2D eigenvalue weighted by Crippen LogP contribution is -2.49. The topological polar surface area (TPSA) is 104 Å². The van der Waals surface area contributed by atoms with Gasteiger partial charge in [-0.2, -0.15) is 0 Å². The molecule has 0 bridgehead atoms. The molecule has 2 amide bonds. The molecule has 0 radical (unpaired) electrons. The van der Waals surface area contributed by atoms with Crippen molar-refractivity contribution in [2.45, 2.75) is 45.1 Å². The molecule has 0 spiro atoms. The predicted molar refractivity (Wildman–Crippen MR) is 96.7 cm³/mol. The van der Waals surface area contributed by atoms with Crippen molar-refractivity contribution in [3.8, 4) is 10.6 Å². The molecular weight excluding hydrogens is 342 g/mol. The van der Waals surface area contributed by atoms with E-state index in [1.54, 1.807) is 12.1 Å². The van der Waals surface area contributed by atoms with Crippen LogP contribution in [0.1, 0.15) is 50.3 Å². The molecule has 0 saturated heterocycles. The molecule has 25 heavy (non-hydrogen) atoms. The van der Waals surface area contributed by atoms with Crippen LogP contribution in [0.2, 0.25) is 0 Å². The lowest BCUT2D eigenvalue weighted by Gasteiger charge is -2.27. The SMILES string of the molecule is CC(=O)Nc1nc(C)c(-c2ccc(C(=O)NC3(CO)CCCC3)o2)s1.[HH]. The van der Waals surface area contributed by atoms with E-state index >= 15 is 0 Å². The number of aryl methyl sites for hydroxylation is 1. The number of aliphatic hydroxyl groups excluding tert-OH is 1. The second kappa shape index (κ2) is 6.97. The summed E-state index contributed by atoms with van der Waals surface area (Å²) in [4.78, 5) is 28.7. The first-order valence-corrected chi connectivity index (χ1v) is 9.03. The van der Waals surface area contributed by atoms with Gasteiger partial charge in [0.15, 0.2) is 10.9 Å². The fraction of sp³-hybridized carbons (Fsp3) is 0.471. The third-order valence-corrected chi connectivity index (χ3v) is 5.46. The second-order valence-corrected chi connectivity index (χ2v) is 7.38. The van der Waals surface area contributed by atoms with Crippen LogP contribution >= 0.6 is 11.3 Å². The minimum absolute atomic E-state index is 0. The van der Waals surface area contributed by atoms with Crippen LogP contribution in [0.15, 0.2) is 16.5 Å². The van der Waals surface area contributed by atoms with E-state index in [2.05, 4.69) is 15.6 Å². The zero-order valence-corrected chi connectivity index (χ0v) is 15.0. The summed E-state index contributed by atoms with van der Waals surface area (Å²) in [5.41, 5.74) is 0.181. The van der Waals surface area contributed by atoms with Crippen molar-refractivity contribution >= 4 is 28.3 Å². The molecule has 136 valence electrons. The van der Waals surface area contributed by atoms with Crippen LogP contribution in [0.4, 0.5) is 5.13 Å². The summed E-state index contributed by atoms with van der Waals surface area (Å²) in [7, 11) is 0. The van der Waals surface area contributed by atoms with E-state index in [1.807, 2.05) is 6.92 Å². The van der Waals surface area contributed by atoms with Crippen molar-refractivity contribution in [2.24, 2.45) is 0 Å². The first-order chi connectivity index (χ1) is 11.9. The zero-order chi connectivity index (χ0) is 18.0. The van der Waals surface area contributed by atoms with Crippen LogP contribution in [0.25, 0.3) is 10.6 Å². The number of aromatic nitrogens is 1. The van der Waals surface area contributed by atoms with E-state index in [-0.39, 0.29) is 25.6 Å². The van der Waals surface area contributed by atoms with Gasteiger partial charge in [-0.1, -0.05) is 24.2 Å². The Hall–Kier alpha value is -2.19. The van der Waals surface area contributed by atoms with E-state index < -0.39 is 5.54 Å². The molecule has 2 heterocycles. The summed E-state index contributed by atoms with van der Waals surface area (Å²) in [6, 6.07) is 3.33. The maximum absolute atomic E-state index is 12.5. The fourth-order valence-corrected chi connectivity index (χ4v) is 4.06. The van der Waals surface area contributed by atoms with Crippen LogP contribution < -0.4 is 10.6 Å². The Morgan fingerprint density at radius 1 is 1.40 bits per heavy atom. The monoisotopic (exact) mass is 365 g/mol. The van der Waals surface area contributed by atoms with Gasteiger partial charge in [0, 0.05) is 8.35 Å². The third kappa shape index (κ3) is 3.74. The number of carbonyl (C=O) groups excluding carboxylic acids is 2. The highest BCUT2D eigenvalue weighted by molar-refractivity contribution is 7.19. The van der Waals surface area contributed by atoms with Crippen LogP contribution in [-0.4, -0.2) is 34.1 Å². The number of carbonyl (C=O) groups is 2. The number of aliphatic hydroxyl groups is 1. The molecule has 7 nitrogen and oxygen atoms in total. The summed E-state index contributed by atoms with van der Waals surface area (Å²) in [6.45, 7) is 3.17. The van der Waals surface area contributed by atoms with Gasteiger partial charge in [-0.05, 0) is 31.9 Å². The first kappa shape index (κ1) is 17.6. The standard InChI is InChI=1S/C17H21N3O4S.H2/c1-10-14(25-16(18-10)19-11(2)22)12-5-6-13(24-12)15(23)20-17(9-21)7-3-4-8-17;/h5-6,21H,3-4,7-9H2,1-2H3,(H,20,23)(H,18,19,22);1H. The average molecular weight is 365 g/mol. The molecule has 0 aliphatic heterocycles. The molecule has 3 rings (SSSR count). The highest BCUT2D eigenvalue weighted by Gasteiger charge is 2.35. The summed E-state index contributed by atoms with van der Waals surface area (Å²) in [6.07, 6.45) is 3.54. The maximum atomic E-state index is 12.5. The summed E-state index contributed by atoms with van der Waals surface area (Å²) >= 11 is 1.29. The number of hydrogen-bond acceptors (Lipinski definition) is 6. The van der Waals surface area contributed by atoms with Crippen molar-refractivity contribution in [1.29, 1.82) is 0 Å². The van der Waals surface area contributed by atoms with Gasteiger partial charge in [0.05, 0.1) is 22.7 Å². The van der Waals surface area contributed by atoms with Crippen LogP contribution in [-0.2, 0) is 4.79 Å². The van der Waals surface area contributed by atoms with Gasteiger partial charge >= 0.3 is 0 Å².